The number of anilines is 1. The van der Waals surface area contributed by atoms with Crippen LogP contribution in [-0.4, -0.2) is 25.8 Å². The first kappa shape index (κ1) is 13.3. The van der Waals surface area contributed by atoms with Crippen molar-refractivity contribution in [3.05, 3.63) is 29.6 Å². The largest absolute Gasteiger partial charge is 0.377 e. The number of benzene rings is 1. The summed E-state index contributed by atoms with van der Waals surface area (Å²) >= 11 is 0. The summed E-state index contributed by atoms with van der Waals surface area (Å²) in [5, 5.41) is 0. The zero-order chi connectivity index (χ0) is 13.1. The van der Waals surface area contributed by atoms with Gasteiger partial charge in [-0.1, -0.05) is 0 Å². The smallest absolute Gasteiger partial charge is 0.123 e. The molecular weight excluding hydrogens is 231 g/mol. The molecule has 0 spiro atoms. The first-order valence-electron chi connectivity index (χ1n) is 6.49. The second kappa shape index (κ2) is 5.67. The van der Waals surface area contributed by atoms with E-state index in [0.717, 1.165) is 37.4 Å². The normalized spacial score (nSPS) is 22.7. The zero-order valence-corrected chi connectivity index (χ0v) is 11.0. The standard InChI is InChI=1S/C14H21FN2O/c1-10-9-17(6-3-7-18-10)14-5-4-12(15)8-13(14)11(2)16/h4-5,8,10-11H,3,6-7,9,16H2,1-2H3/t10?,11-/m1/s1. The minimum Gasteiger partial charge on any atom is -0.377 e. The Kier molecular flexibility index (Phi) is 4.19. The lowest BCUT2D eigenvalue weighted by Gasteiger charge is -2.28. The number of halogens is 1. The van der Waals surface area contributed by atoms with Crippen LogP contribution in [0.3, 0.4) is 0 Å². The predicted molar refractivity (Wildman–Crippen MR) is 71.2 cm³/mol. The molecule has 1 fully saturated rings. The van der Waals surface area contributed by atoms with Gasteiger partial charge in [0.2, 0.25) is 0 Å². The van der Waals surface area contributed by atoms with Gasteiger partial charge < -0.3 is 15.4 Å². The van der Waals surface area contributed by atoms with Crippen LogP contribution in [0.15, 0.2) is 18.2 Å². The molecular formula is C14H21FN2O. The summed E-state index contributed by atoms with van der Waals surface area (Å²) in [7, 11) is 0. The molecule has 2 N–H and O–H groups in total. The van der Waals surface area contributed by atoms with Crippen LogP contribution in [-0.2, 0) is 4.74 Å². The molecule has 1 aromatic carbocycles. The van der Waals surface area contributed by atoms with Crippen LogP contribution in [0.5, 0.6) is 0 Å². The second-order valence-electron chi connectivity index (χ2n) is 4.97. The van der Waals surface area contributed by atoms with E-state index in [1.165, 1.54) is 12.1 Å². The molecule has 0 saturated carbocycles. The number of hydrogen-bond acceptors (Lipinski definition) is 3. The van der Waals surface area contributed by atoms with E-state index >= 15 is 0 Å². The van der Waals surface area contributed by atoms with Crippen molar-refractivity contribution in [1.82, 2.24) is 0 Å². The van der Waals surface area contributed by atoms with Crippen LogP contribution < -0.4 is 10.6 Å². The number of nitrogens with two attached hydrogens (primary N) is 1. The summed E-state index contributed by atoms with van der Waals surface area (Å²) in [5.41, 5.74) is 7.84. The van der Waals surface area contributed by atoms with Crippen molar-refractivity contribution < 1.29 is 9.13 Å². The van der Waals surface area contributed by atoms with E-state index < -0.39 is 0 Å². The summed E-state index contributed by atoms with van der Waals surface area (Å²) in [6.45, 7) is 6.48. The maximum absolute atomic E-state index is 13.3. The average molecular weight is 252 g/mol. The average Bonchev–Trinajstić information content (AvgIpc) is 2.53. The van der Waals surface area contributed by atoms with Crippen molar-refractivity contribution in [3.8, 4) is 0 Å². The lowest BCUT2D eigenvalue weighted by atomic mass is 10.0. The Balaban J connectivity index is 2.30. The van der Waals surface area contributed by atoms with Crippen LogP contribution in [0.1, 0.15) is 31.9 Å². The quantitative estimate of drug-likeness (QED) is 0.878. The maximum atomic E-state index is 13.3. The number of ether oxygens (including phenoxy) is 1. The lowest BCUT2D eigenvalue weighted by Crippen LogP contribution is -2.31. The molecule has 0 bridgehead atoms. The third kappa shape index (κ3) is 3.00. The van der Waals surface area contributed by atoms with Crippen LogP contribution in [0, 0.1) is 5.82 Å². The van der Waals surface area contributed by atoms with Gasteiger partial charge in [0.15, 0.2) is 0 Å². The Morgan fingerprint density at radius 2 is 2.28 bits per heavy atom. The number of rotatable bonds is 2. The Morgan fingerprint density at radius 3 is 3.00 bits per heavy atom. The Bertz CT molecular complexity index is 409. The van der Waals surface area contributed by atoms with E-state index in [1.54, 1.807) is 0 Å². The molecule has 3 nitrogen and oxygen atoms in total. The van der Waals surface area contributed by atoms with Crippen LogP contribution in [0.2, 0.25) is 0 Å². The van der Waals surface area contributed by atoms with E-state index in [1.807, 2.05) is 13.0 Å². The molecule has 0 radical (unpaired) electrons. The van der Waals surface area contributed by atoms with E-state index in [-0.39, 0.29) is 18.0 Å². The summed E-state index contributed by atoms with van der Waals surface area (Å²) in [4.78, 5) is 2.25. The van der Waals surface area contributed by atoms with E-state index in [2.05, 4.69) is 11.8 Å². The second-order valence-corrected chi connectivity index (χ2v) is 4.97. The summed E-state index contributed by atoms with van der Waals surface area (Å²) in [6.07, 6.45) is 1.18. The van der Waals surface area contributed by atoms with Crippen molar-refractivity contribution in [2.45, 2.75) is 32.4 Å². The molecule has 2 rings (SSSR count). The van der Waals surface area contributed by atoms with Gasteiger partial charge in [0.05, 0.1) is 6.10 Å². The highest BCUT2D eigenvalue weighted by atomic mass is 19.1. The van der Waals surface area contributed by atoms with Crippen molar-refractivity contribution in [2.75, 3.05) is 24.6 Å². The lowest BCUT2D eigenvalue weighted by molar-refractivity contribution is 0.0821. The summed E-state index contributed by atoms with van der Waals surface area (Å²) in [6, 6.07) is 4.69. The zero-order valence-electron chi connectivity index (χ0n) is 11.0. The van der Waals surface area contributed by atoms with Crippen LogP contribution in [0.25, 0.3) is 0 Å². The summed E-state index contributed by atoms with van der Waals surface area (Å²) in [5.74, 6) is -0.231. The molecule has 1 unspecified atom stereocenters. The van der Waals surface area contributed by atoms with Gasteiger partial charge in [0.1, 0.15) is 5.82 Å². The molecule has 100 valence electrons. The topological polar surface area (TPSA) is 38.5 Å². The molecule has 1 aliphatic rings. The van der Waals surface area contributed by atoms with E-state index in [9.17, 15) is 4.39 Å². The van der Waals surface area contributed by atoms with Crippen LogP contribution in [0.4, 0.5) is 10.1 Å². The van der Waals surface area contributed by atoms with Gasteiger partial charge in [-0.2, -0.15) is 0 Å². The minimum absolute atomic E-state index is 0.171. The molecule has 1 saturated heterocycles. The third-order valence-electron chi connectivity index (χ3n) is 3.27. The highest BCUT2D eigenvalue weighted by Crippen LogP contribution is 2.27. The van der Waals surface area contributed by atoms with Gasteiger partial charge in [0, 0.05) is 31.4 Å². The Labute approximate surface area is 108 Å². The fourth-order valence-electron chi connectivity index (χ4n) is 2.39. The minimum atomic E-state index is -0.231. The number of nitrogens with zero attached hydrogens (tertiary/aromatic N) is 1. The fourth-order valence-corrected chi connectivity index (χ4v) is 2.39. The molecule has 18 heavy (non-hydrogen) atoms. The first-order chi connectivity index (χ1) is 8.58. The monoisotopic (exact) mass is 252 g/mol. The molecule has 1 aliphatic heterocycles. The van der Waals surface area contributed by atoms with Gasteiger partial charge in [-0.3, -0.25) is 0 Å². The molecule has 2 atom stereocenters. The SMILES string of the molecule is CC1CN(c2ccc(F)cc2[C@@H](C)N)CCCO1. The molecule has 1 heterocycles. The Hall–Kier alpha value is -1.13. The van der Waals surface area contributed by atoms with Crippen molar-refractivity contribution >= 4 is 5.69 Å². The third-order valence-corrected chi connectivity index (χ3v) is 3.27. The van der Waals surface area contributed by atoms with E-state index in [0.29, 0.717) is 0 Å². The Morgan fingerprint density at radius 1 is 1.50 bits per heavy atom. The van der Waals surface area contributed by atoms with Crippen molar-refractivity contribution in [3.63, 3.8) is 0 Å². The molecule has 0 aliphatic carbocycles. The van der Waals surface area contributed by atoms with Gasteiger partial charge in [-0.05, 0) is 44.0 Å². The molecule has 4 heteroatoms. The highest BCUT2D eigenvalue weighted by molar-refractivity contribution is 5.55. The molecule has 0 aromatic heterocycles. The first-order valence-corrected chi connectivity index (χ1v) is 6.49. The molecule has 1 aromatic rings. The van der Waals surface area contributed by atoms with Gasteiger partial charge in [0.25, 0.3) is 0 Å². The molecule has 0 amide bonds. The van der Waals surface area contributed by atoms with E-state index in [4.69, 9.17) is 10.5 Å². The summed E-state index contributed by atoms with van der Waals surface area (Å²) < 4.78 is 19.0. The van der Waals surface area contributed by atoms with Crippen molar-refractivity contribution in [2.24, 2.45) is 5.73 Å². The van der Waals surface area contributed by atoms with Gasteiger partial charge in [-0.15, -0.1) is 0 Å². The van der Waals surface area contributed by atoms with Gasteiger partial charge in [-0.25, -0.2) is 4.39 Å². The van der Waals surface area contributed by atoms with Crippen molar-refractivity contribution in [1.29, 1.82) is 0 Å². The predicted octanol–water partition coefficient (Wildman–Crippen LogP) is 2.46. The van der Waals surface area contributed by atoms with Crippen LogP contribution >= 0.6 is 0 Å². The number of hydrogen-bond donors (Lipinski definition) is 1. The maximum Gasteiger partial charge on any atom is 0.123 e. The van der Waals surface area contributed by atoms with Gasteiger partial charge >= 0.3 is 0 Å². The highest BCUT2D eigenvalue weighted by Gasteiger charge is 2.19. The fraction of sp³-hybridized carbons (Fsp3) is 0.571.